The second kappa shape index (κ2) is 10.3. The highest BCUT2D eigenvalue weighted by atomic mass is 79.9. The normalized spacial score (nSPS) is 14.9. The lowest BCUT2D eigenvalue weighted by atomic mass is 10.2. The third-order valence-corrected chi connectivity index (χ3v) is 6.93. The van der Waals surface area contributed by atoms with E-state index in [1.807, 2.05) is 0 Å². The molecule has 2 amide bonds. The first-order valence-electron chi connectivity index (χ1n) is 9.67. The second-order valence-corrected chi connectivity index (χ2v) is 9.76. The van der Waals surface area contributed by atoms with Crippen molar-refractivity contribution in [3.05, 3.63) is 103 Å². The monoisotopic (exact) mass is 565 g/mol. The van der Waals surface area contributed by atoms with Gasteiger partial charge in [-0.3, -0.25) is 14.5 Å². The number of ether oxygens (including phenoxy) is 1. The quantitative estimate of drug-likeness (QED) is 0.287. The minimum atomic E-state index is -0.458. The Morgan fingerprint density at radius 1 is 1.03 bits per heavy atom. The van der Waals surface area contributed by atoms with E-state index in [-0.39, 0.29) is 23.6 Å². The van der Waals surface area contributed by atoms with Crippen LogP contribution in [0.5, 0.6) is 5.75 Å². The lowest BCUT2D eigenvalue weighted by Gasteiger charge is -2.13. The zero-order valence-corrected chi connectivity index (χ0v) is 20.8. The van der Waals surface area contributed by atoms with Gasteiger partial charge in [-0.2, -0.15) is 0 Å². The fourth-order valence-electron chi connectivity index (χ4n) is 3.10. The van der Waals surface area contributed by atoms with Crippen molar-refractivity contribution >= 4 is 68.1 Å². The number of halogens is 4. The molecule has 0 N–H and O–H groups in total. The van der Waals surface area contributed by atoms with Gasteiger partial charge in [0.15, 0.2) is 0 Å². The Balaban J connectivity index is 1.46. The standard InChI is InChI=1S/C24H15BrCl2FNO3S/c25-18-9-14(5-8-21(18)32-13-16-6-7-17(26)11-19(16)27)10-22-23(30)29(24(31)33-22)12-15-3-1-2-4-20(15)28/h1-11H,12-13H2/b22-10-. The van der Waals surface area contributed by atoms with Crippen molar-refractivity contribution in [2.45, 2.75) is 13.2 Å². The van der Waals surface area contributed by atoms with E-state index in [1.54, 1.807) is 60.7 Å². The molecule has 0 atom stereocenters. The summed E-state index contributed by atoms with van der Waals surface area (Å²) in [7, 11) is 0. The summed E-state index contributed by atoms with van der Waals surface area (Å²) in [4.78, 5) is 26.4. The molecule has 1 saturated heterocycles. The third kappa shape index (κ3) is 5.61. The number of nitrogens with zero attached hydrogens (tertiary/aromatic N) is 1. The van der Waals surface area contributed by atoms with E-state index < -0.39 is 17.0 Å². The minimum Gasteiger partial charge on any atom is -0.488 e. The molecule has 0 unspecified atom stereocenters. The molecule has 0 bridgehead atoms. The van der Waals surface area contributed by atoms with E-state index in [0.717, 1.165) is 22.2 Å². The summed E-state index contributed by atoms with van der Waals surface area (Å²) >= 11 is 16.4. The van der Waals surface area contributed by atoms with Crippen LogP contribution in [-0.4, -0.2) is 16.0 Å². The minimum absolute atomic E-state index is 0.113. The lowest BCUT2D eigenvalue weighted by Crippen LogP contribution is -2.27. The number of thioether (sulfide) groups is 1. The maximum Gasteiger partial charge on any atom is 0.293 e. The van der Waals surface area contributed by atoms with Gasteiger partial charge < -0.3 is 4.74 Å². The summed E-state index contributed by atoms with van der Waals surface area (Å²) in [5.41, 5.74) is 1.78. The maximum absolute atomic E-state index is 13.9. The van der Waals surface area contributed by atoms with Crippen molar-refractivity contribution in [3.63, 3.8) is 0 Å². The Labute approximate surface area is 212 Å². The van der Waals surface area contributed by atoms with Crippen LogP contribution in [0.4, 0.5) is 9.18 Å². The van der Waals surface area contributed by atoms with E-state index in [1.165, 1.54) is 6.07 Å². The molecule has 1 heterocycles. The van der Waals surface area contributed by atoms with Crippen LogP contribution >= 0.6 is 50.9 Å². The Morgan fingerprint density at radius 2 is 1.82 bits per heavy atom. The zero-order chi connectivity index (χ0) is 23.5. The molecule has 0 saturated carbocycles. The van der Waals surface area contributed by atoms with Crippen molar-refractivity contribution < 1.29 is 18.7 Å². The third-order valence-electron chi connectivity index (χ3n) is 4.81. The summed E-state index contributed by atoms with van der Waals surface area (Å²) in [6.07, 6.45) is 1.62. The summed E-state index contributed by atoms with van der Waals surface area (Å²) in [5, 5.41) is 0.627. The van der Waals surface area contributed by atoms with Crippen LogP contribution in [0.2, 0.25) is 10.0 Å². The van der Waals surface area contributed by atoms with E-state index in [9.17, 15) is 14.0 Å². The van der Waals surface area contributed by atoms with Gasteiger partial charge in [0.2, 0.25) is 0 Å². The van der Waals surface area contributed by atoms with Gasteiger partial charge in [-0.1, -0.05) is 53.5 Å². The fourth-order valence-corrected chi connectivity index (χ4v) is 4.92. The number of amides is 2. The molecule has 0 radical (unpaired) electrons. The molecule has 0 spiro atoms. The van der Waals surface area contributed by atoms with Gasteiger partial charge >= 0.3 is 0 Å². The van der Waals surface area contributed by atoms with Crippen molar-refractivity contribution in [2.24, 2.45) is 0 Å². The highest BCUT2D eigenvalue weighted by Gasteiger charge is 2.35. The van der Waals surface area contributed by atoms with Crippen LogP contribution in [0.25, 0.3) is 6.08 Å². The number of carbonyl (C=O) groups is 2. The van der Waals surface area contributed by atoms with E-state index in [0.29, 0.717) is 25.8 Å². The second-order valence-electron chi connectivity index (χ2n) is 7.07. The molecule has 4 rings (SSSR count). The number of imide groups is 1. The largest absolute Gasteiger partial charge is 0.488 e. The molecule has 33 heavy (non-hydrogen) atoms. The maximum atomic E-state index is 13.9. The first-order chi connectivity index (χ1) is 15.8. The predicted molar refractivity (Wildman–Crippen MR) is 133 cm³/mol. The van der Waals surface area contributed by atoms with Gasteiger partial charge in [0.25, 0.3) is 11.1 Å². The summed E-state index contributed by atoms with van der Waals surface area (Å²) in [6.45, 7) is 0.140. The van der Waals surface area contributed by atoms with Crippen LogP contribution in [-0.2, 0) is 17.9 Å². The van der Waals surface area contributed by atoms with Gasteiger partial charge in [0.05, 0.1) is 15.9 Å². The molecule has 0 aliphatic carbocycles. The average Bonchev–Trinajstić information content (AvgIpc) is 3.03. The smallest absolute Gasteiger partial charge is 0.293 e. The number of rotatable bonds is 6. The van der Waals surface area contributed by atoms with Crippen LogP contribution < -0.4 is 4.74 Å². The lowest BCUT2D eigenvalue weighted by molar-refractivity contribution is -0.123. The molecule has 1 aliphatic heterocycles. The van der Waals surface area contributed by atoms with E-state index >= 15 is 0 Å². The Hall–Kier alpha value is -2.32. The highest BCUT2D eigenvalue weighted by molar-refractivity contribution is 9.10. The highest BCUT2D eigenvalue weighted by Crippen LogP contribution is 2.35. The van der Waals surface area contributed by atoms with Gasteiger partial charge in [-0.15, -0.1) is 0 Å². The van der Waals surface area contributed by atoms with Crippen LogP contribution in [0.3, 0.4) is 0 Å². The summed E-state index contributed by atoms with van der Waals surface area (Å²) in [5.74, 6) is -0.326. The average molecular weight is 567 g/mol. The summed E-state index contributed by atoms with van der Waals surface area (Å²) in [6, 6.07) is 16.6. The van der Waals surface area contributed by atoms with E-state index in [4.69, 9.17) is 27.9 Å². The number of hydrogen-bond acceptors (Lipinski definition) is 4. The van der Waals surface area contributed by atoms with Crippen LogP contribution in [0.1, 0.15) is 16.7 Å². The zero-order valence-electron chi connectivity index (χ0n) is 16.9. The molecular weight excluding hydrogens is 552 g/mol. The van der Waals surface area contributed by atoms with Crippen molar-refractivity contribution in [1.82, 2.24) is 4.90 Å². The van der Waals surface area contributed by atoms with Crippen molar-refractivity contribution in [3.8, 4) is 5.75 Å². The Bertz CT molecular complexity index is 1280. The molecule has 1 aliphatic rings. The molecule has 4 nitrogen and oxygen atoms in total. The van der Waals surface area contributed by atoms with E-state index in [2.05, 4.69) is 15.9 Å². The molecule has 9 heteroatoms. The van der Waals surface area contributed by atoms with Gasteiger partial charge in [-0.25, -0.2) is 4.39 Å². The summed E-state index contributed by atoms with van der Waals surface area (Å²) < 4.78 is 20.4. The van der Waals surface area contributed by atoms with Gasteiger partial charge in [0.1, 0.15) is 18.2 Å². The van der Waals surface area contributed by atoms with Crippen LogP contribution in [0, 0.1) is 5.82 Å². The van der Waals surface area contributed by atoms with Crippen LogP contribution in [0.15, 0.2) is 70.0 Å². The Kier molecular flexibility index (Phi) is 7.44. The SMILES string of the molecule is O=C1S/C(=C\c2ccc(OCc3ccc(Cl)cc3Cl)c(Br)c2)C(=O)N1Cc1ccccc1F. The molecule has 0 aromatic heterocycles. The van der Waals surface area contributed by atoms with Crippen molar-refractivity contribution in [2.75, 3.05) is 0 Å². The number of hydrogen-bond donors (Lipinski definition) is 0. The van der Waals surface area contributed by atoms with Gasteiger partial charge in [-0.05, 0) is 69.7 Å². The molecule has 3 aromatic carbocycles. The first kappa shape index (κ1) is 23.8. The predicted octanol–water partition coefficient (Wildman–Crippen LogP) is 7.71. The number of benzene rings is 3. The molecular formula is C24H15BrCl2FNO3S. The topological polar surface area (TPSA) is 46.6 Å². The molecule has 1 fully saturated rings. The Morgan fingerprint density at radius 3 is 2.55 bits per heavy atom. The molecule has 168 valence electrons. The first-order valence-corrected chi connectivity index (χ1v) is 12.0. The van der Waals surface area contributed by atoms with Crippen molar-refractivity contribution in [1.29, 1.82) is 0 Å². The van der Waals surface area contributed by atoms with Gasteiger partial charge in [0, 0.05) is 21.2 Å². The number of carbonyl (C=O) groups excluding carboxylic acids is 2. The molecule has 3 aromatic rings. The fraction of sp³-hybridized carbons (Fsp3) is 0.0833.